The second-order valence-electron chi connectivity index (χ2n) is 6.61. The molecule has 3 aromatic rings. The van der Waals surface area contributed by atoms with Gasteiger partial charge in [-0.15, -0.1) is 11.3 Å². The largest absolute Gasteiger partial charge is 0.304 e. The van der Waals surface area contributed by atoms with Crippen molar-refractivity contribution >= 4 is 63.3 Å². The highest BCUT2D eigenvalue weighted by Crippen LogP contribution is 2.33. The van der Waals surface area contributed by atoms with E-state index in [0.29, 0.717) is 14.9 Å². The molecule has 0 aliphatic carbocycles. The average Bonchev–Trinajstić information content (AvgIpc) is 3.43. The molecule has 1 aliphatic heterocycles. The molecule has 7 nitrogen and oxygen atoms in total. The van der Waals surface area contributed by atoms with Crippen LogP contribution in [-0.2, 0) is 9.59 Å². The van der Waals surface area contributed by atoms with E-state index in [4.69, 9.17) is 16.8 Å². The standard InChI is InChI=1S/C20H16N4O3S3/c1-11-5-6-12(2)14(8-11)17-18(23-27-22-17)21-16(25)10-24-19(26)15(30-20(24)28)9-13-4-3-7-29-13/h3-9H,10H2,1-2H3,(H,21,23,25)/b15-9-. The number of hydrogen-bond donors (Lipinski definition) is 1. The quantitative estimate of drug-likeness (QED) is 0.453. The molecule has 0 bridgehead atoms. The Bertz CT molecular complexity index is 1170. The third-order valence-electron chi connectivity index (χ3n) is 4.39. The molecule has 1 fully saturated rings. The minimum atomic E-state index is -0.439. The predicted molar refractivity (Wildman–Crippen MR) is 122 cm³/mol. The summed E-state index contributed by atoms with van der Waals surface area (Å²) in [4.78, 5) is 28.0. The van der Waals surface area contributed by atoms with Crippen molar-refractivity contribution in [2.24, 2.45) is 0 Å². The highest BCUT2D eigenvalue weighted by Gasteiger charge is 2.33. The van der Waals surface area contributed by atoms with Crippen LogP contribution in [0.25, 0.3) is 17.3 Å². The molecule has 0 spiro atoms. The van der Waals surface area contributed by atoms with Gasteiger partial charge in [-0.25, -0.2) is 4.63 Å². The van der Waals surface area contributed by atoms with Gasteiger partial charge in [0.1, 0.15) is 10.9 Å². The topological polar surface area (TPSA) is 88.3 Å². The lowest BCUT2D eigenvalue weighted by Gasteiger charge is -2.13. The Kier molecular flexibility index (Phi) is 5.80. The lowest BCUT2D eigenvalue weighted by Crippen LogP contribution is -2.36. The summed E-state index contributed by atoms with van der Waals surface area (Å²) in [5.74, 6) is -0.527. The van der Waals surface area contributed by atoms with Gasteiger partial charge in [0.15, 0.2) is 5.69 Å². The summed E-state index contributed by atoms with van der Waals surface area (Å²) in [5.41, 5.74) is 3.27. The van der Waals surface area contributed by atoms with Gasteiger partial charge >= 0.3 is 0 Å². The van der Waals surface area contributed by atoms with Gasteiger partial charge in [0, 0.05) is 10.4 Å². The summed E-state index contributed by atoms with van der Waals surface area (Å²) in [6.07, 6.45) is 1.78. The molecule has 1 aliphatic rings. The molecular formula is C20H16N4O3S3. The fraction of sp³-hybridized carbons (Fsp3) is 0.150. The van der Waals surface area contributed by atoms with Crippen LogP contribution in [0, 0.1) is 13.8 Å². The van der Waals surface area contributed by atoms with Gasteiger partial charge in [0.2, 0.25) is 11.7 Å². The smallest absolute Gasteiger partial charge is 0.266 e. The van der Waals surface area contributed by atoms with E-state index in [1.54, 1.807) is 6.08 Å². The van der Waals surface area contributed by atoms with Crippen molar-refractivity contribution < 1.29 is 14.2 Å². The van der Waals surface area contributed by atoms with Crippen LogP contribution in [0.4, 0.5) is 5.82 Å². The zero-order chi connectivity index (χ0) is 21.3. The number of benzene rings is 1. The van der Waals surface area contributed by atoms with Crippen molar-refractivity contribution in [2.45, 2.75) is 13.8 Å². The number of nitrogens with one attached hydrogen (secondary N) is 1. The summed E-state index contributed by atoms with van der Waals surface area (Å²) >= 11 is 8.00. The molecule has 0 unspecified atom stereocenters. The molecule has 10 heteroatoms. The van der Waals surface area contributed by atoms with E-state index in [-0.39, 0.29) is 18.3 Å². The predicted octanol–water partition coefficient (Wildman–Crippen LogP) is 4.25. The molecule has 2 aromatic heterocycles. The minimum Gasteiger partial charge on any atom is -0.304 e. The number of amides is 2. The maximum atomic E-state index is 12.7. The van der Waals surface area contributed by atoms with Crippen LogP contribution in [0.15, 0.2) is 45.2 Å². The van der Waals surface area contributed by atoms with Crippen molar-refractivity contribution in [2.75, 3.05) is 11.9 Å². The van der Waals surface area contributed by atoms with Crippen LogP contribution in [0.5, 0.6) is 0 Å². The molecule has 1 saturated heterocycles. The number of hydrogen-bond acceptors (Lipinski definition) is 8. The number of thioether (sulfide) groups is 1. The molecule has 152 valence electrons. The summed E-state index contributed by atoms with van der Waals surface area (Å²) in [7, 11) is 0. The molecule has 2 amide bonds. The Morgan fingerprint density at radius 3 is 2.90 bits per heavy atom. The van der Waals surface area contributed by atoms with Crippen LogP contribution in [0.1, 0.15) is 16.0 Å². The minimum absolute atomic E-state index is 0.202. The van der Waals surface area contributed by atoms with Crippen LogP contribution in [-0.4, -0.2) is 37.9 Å². The average molecular weight is 457 g/mol. The first kappa shape index (κ1) is 20.5. The van der Waals surface area contributed by atoms with Crippen LogP contribution < -0.4 is 5.32 Å². The van der Waals surface area contributed by atoms with E-state index in [2.05, 4.69) is 15.6 Å². The molecule has 0 atom stereocenters. The Hall–Kier alpha value is -2.82. The first-order valence-electron chi connectivity index (χ1n) is 8.91. The number of aryl methyl sites for hydroxylation is 2. The first-order chi connectivity index (χ1) is 14.4. The number of rotatable bonds is 5. The molecule has 0 radical (unpaired) electrons. The van der Waals surface area contributed by atoms with Gasteiger partial charge in [-0.2, -0.15) is 0 Å². The van der Waals surface area contributed by atoms with E-state index in [9.17, 15) is 9.59 Å². The van der Waals surface area contributed by atoms with Crippen LogP contribution in [0.3, 0.4) is 0 Å². The van der Waals surface area contributed by atoms with Crippen molar-refractivity contribution in [3.05, 3.63) is 56.6 Å². The number of anilines is 1. The molecule has 4 rings (SSSR count). The van der Waals surface area contributed by atoms with Crippen molar-refractivity contribution in [3.8, 4) is 11.3 Å². The normalized spacial score (nSPS) is 15.3. The molecule has 1 aromatic carbocycles. The lowest BCUT2D eigenvalue weighted by atomic mass is 10.0. The van der Waals surface area contributed by atoms with Crippen molar-refractivity contribution in [3.63, 3.8) is 0 Å². The number of thiophene rings is 1. The highest BCUT2D eigenvalue weighted by atomic mass is 32.2. The second kappa shape index (κ2) is 8.50. The fourth-order valence-corrected chi connectivity index (χ4v) is 4.87. The Balaban J connectivity index is 1.49. The van der Waals surface area contributed by atoms with E-state index >= 15 is 0 Å². The number of aromatic nitrogens is 2. The SMILES string of the molecule is Cc1ccc(C)c(-c2nonc2NC(=O)CN2C(=O)/C(=C/c3cccs3)SC2=S)c1. The monoisotopic (exact) mass is 456 g/mol. The summed E-state index contributed by atoms with van der Waals surface area (Å²) in [6.45, 7) is 3.69. The lowest BCUT2D eigenvalue weighted by molar-refractivity contribution is -0.126. The van der Waals surface area contributed by atoms with Crippen LogP contribution in [0.2, 0.25) is 0 Å². The number of carbonyl (C=O) groups excluding carboxylic acids is 2. The molecule has 30 heavy (non-hydrogen) atoms. The van der Waals surface area contributed by atoms with E-state index in [0.717, 1.165) is 21.6 Å². The van der Waals surface area contributed by atoms with Gasteiger partial charge in [0.25, 0.3) is 5.91 Å². The van der Waals surface area contributed by atoms with Gasteiger partial charge < -0.3 is 5.32 Å². The maximum absolute atomic E-state index is 12.7. The Morgan fingerprint density at radius 1 is 1.30 bits per heavy atom. The summed E-state index contributed by atoms with van der Waals surface area (Å²) in [6, 6.07) is 9.72. The zero-order valence-corrected chi connectivity index (χ0v) is 18.5. The number of nitrogens with zero attached hydrogens (tertiary/aromatic N) is 3. The third-order valence-corrected chi connectivity index (χ3v) is 6.58. The van der Waals surface area contributed by atoms with Gasteiger partial charge in [0.05, 0.1) is 4.91 Å². The molecule has 1 N–H and O–H groups in total. The van der Waals surface area contributed by atoms with E-state index < -0.39 is 5.91 Å². The number of thiocarbonyl (C=S) groups is 1. The third kappa shape index (κ3) is 4.20. The summed E-state index contributed by atoms with van der Waals surface area (Å²) in [5, 5.41) is 12.4. The summed E-state index contributed by atoms with van der Waals surface area (Å²) < 4.78 is 5.19. The number of carbonyl (C=O) groups is 2. The van der Waals surface area contributed by atoms with Crippen LogP contribution >= 0.6 is 35.3 Å². The fourth-order valence-electron chi connectivity index (χ4n) is 2.89. The maximum Gasteiger partial charge on any atom is 0.266 e. The van der Waals surface area contributed by atoms with Gasteiger partial charge in [-0.05, 0) is 53.3 Å². The van der Waals surface area contributed by atoms with E-state index in [1.165, 1.54) is 28.0 Å². The van der Waals surface area contributed by atoms with Gasteiger partial charge in [-0.1, -0.05) is 47.7 Å². The van der Waals surface area contributed by atoms with E-state index in [1.807, 2.05) is 49.6 Å². The molecule has 3 heterocycles. The zero-order valence-electron chi connectivity index (χ0n) is 16.0. The first-order valence-corrected chi connectivity index (χ1v) is 11.0. The Labute approximate surface area is 186 Å². The second-order valence-corrected chi connectivity index (χ2v) is 9.27. The molecular weight excluding hydrogens is 440 g/mol. The van der Waals surface area contributed by atoms with Crippen molar-refractivity contribution in [1.29, 1.82) is 0 Å². The van der Waals surface area contributed by atoms with Gasteiger partial charge in [-0.3, -0.25) is 14.5 Å². The highest BCUT2D eigenvalue weighted by molar-refractivity contribution is 8.26. The Morgan fingerprint density at radius 2 is 2.13 bits per heavy atom. The molecule has 0 saturated carbocycles. The van der Waals surface area contributed by atoms with Crippen molar-refractivity contribution in [1.82, 2.24) is 15.2 Å².